The Morgan fingerprint density at radius 2 is 1.89 bits per heavy atom. The van der Waals surface area contributed by atoms with Crippen LogP contribution in [0.15, 0.2) is 28.7 Å². The first-order chi connectivity index (χ1) is 8.91. The van der Waals surface area contributed by atoms with Gasteiger partial charge in [-0.1, -0.05) is 23.7 Å². The Balaban J connectivity index is 2.58. The summed E-state index contributed by atoms with van der Waals surface area (Å²) in [5, 5.41) is 0.721. The van der Waals surface area contributed by atoms with Crippen molar-refractivity contribution in [1.29, 1.82) is 0 Å². The van der Waals surface area contributed by atoms with Crippen molar-refractivity contribution in [1.82, 2.24) is 4.57 Å². The third-order valence-electron chi connectivity index (χ3n) is 3.21. The van der Waals surface area contributed by atoms with E-state index in [2.05, 4.69) is 27.4 Å². The third-order valence-corrected chi connectivity index (χ3v) is 4.52. The summed E-state index contributed by atoms with van der Waals surface area (Å²) in [6.07, 6.45) is 0.436. The second kappa shape index (κ2) is 5.51. The van der Waals surface area contributed by atoms with E-state index >= 15 is 0 Å². The molecule has 1 aromatic carbocycles. The summed E-state index contributed by atoms with van der Waals surface area (Å²) in [4.78, 5) is 11.4. The molecule has 0 aliphatic carbocycles. The normalized spacial score (nSPS) is 10.8. The van der Waals surface area contributed by atoms with Gasteiger partial charge in [0.25, 0.3) is 0 Å². The maximum atomic E-state index is 11.4. The van der Waals surface area contributed by atoms with Crippen molar-refractivity contribution in [2.45, 2.75) is 20.3 Å². The average Bonchev–Trinajstić information content (AvgIpc) is 2.55. The lowest BCUT2D eigenvalue weighted by Crippen LogP contribution is -2.04. The molecule has 2 nitrogen and oxygen atoms in total. The third kappa shape index (κ3) is 2.77. The molecular formula is C15H15BrClNO. The molecule has 100 valence electrons. The van der Waals surface area contributed by atoms with Crippen LogP contribution in [0, 0.1) is 6.92 Å². The molecule has 0 aliphatic heterocycles. The largest absolute Gasteiger partial charge is 0.346 e. The van der Waals surface area contributed by atoms with Gasteiger partial charge in [0.2, 0.25) is 0 Å². The molecule has 1 aromatic heterocycles. The monoisotopic (exact) mass is 339 g/mol. The second-order valence-corrected chi connectivity index (χ2v) is 5.91. The zero-order chi connectivity index (χ0) is 14.2. The summed E-state index contributed by atoms with van der Waals surface area (Å²) in [6, 6.07) is 7.74. The number of benzene rings is 1. The number of carbonyl (C=O) groups excluding carboxylic acids is 1. The van der Waals surface area contributed by atoms with Crippen LogP contribution in [0.25, 0.3) is 11.3 Å². The highest BCUT2D eigenvalue weighted by Crippen LogP contribution is 2.34. The molecule has 0 atom stereocenters. The van der Waals surface area contributed by atoms with E-state index < -0.39 is 0 Å². The van der Waals surface area contributed by atoms with Crippen LogP contribution in [0.1, 0.15) is 18.2 Å². The van der Waals surface area contributed by atoms with E-state index in [-0.39, 0.29) is 5.78 Å². The Labute approximate surface area is 126 Å². The van der Waals surface area contributed by atoms with Gasteiger partial charge in [0, 0.05) is 28.7 Å². The molecule has 0 radical (unpaired) electrons. The fourth-order valence-electron chi connectivity index (χ4n) is 2.30. The molecule has 0 N–H and O–H groups in total. The zero-order valence-corrected chi connectivity index (χ0v) is 13.5. The number of hydrogen-bond acceptors (Lipinski definition) is 1. The lowest BCUT2D eigenvalue weighted by molar-refractivity contribution is -0.116. The first kappa shape index (κ1) is 14.4. The van der Waals surface area contributed by atoms with E-state index in [1.165, 1.54) is 0 Å². The second-order valence-electron chi connectivity index (χ2n) is 4.68. The van der Waals surface area contributed by atoms with Gasteiger partial charge in [0.05, 0.1) is 5.69 Å². The van der Waals surface area contributed by atoms with Crippen LogP contribution >= 0.6 is 27.5 Å². The van der Waals surface area contributed by atoms with Crippen LogP contribution in [0.4, 0.5) is 0 Å². The number of hydrogen-bond donors (Lipinski definition) is 0. The maximum Gasteiger partial charge on any atom is 0.135 e. The summed E-state index contributed by atoms with van der Waals surface area (Å²) in [5.74, 6) is 0.156. The van der Waals surface area contributed by atoms with Crippen molar-refractivity contribution >= 4 is 33.3 Å². The number of aromatic nitrogens is 1. The fraction of sp³-hybridized carbons (Fsp3) is 0.267. The van der Waals surface area contributed by atoms with Gasteiger partial charge in [0.15, 0.2) is 0 Å². The summed E-state index contributed by atoms with van der Waals surface area (Å²) in [5.41, 5.74) is 4.36. The molecule has 2 aromatic rings. The molecular weight excluding hydrogens is 326 g/mol. The van der Waals surface area contributed by atoms with E-state index in [4.69, 9.17) is 11.6 Å². The Morgan fingerprint density at radius 1 is 1.32 bits per heavy atom. The zero-order valence-electron chi connectivity index (χ0n) is 11.1. The Hall–Kier alpha value is -1.06. The Bertz CT molecular complexity index is 629. The van der Waals surface area contributed by atoms with Gasteiger partial charge in [-0.15, -0.1) is 0 Å². The van der Waals surface area contributed by atoms with Gasteiger partial charge in [-0.25, -0.2) is 0 Å². The highest BCUT2D eigenvalue weighted by molar-refractivity contribution is 9.10. The molecule has 0 amide bonds. The maximum absolute atomic E-state index is 11.4. The standard InChI is InChI=1S/C15H15BrClNO/c1-9(19)8-13-14(16)10(2)15(18(13)3)11-4-6-12(17)7-5-11/h4-7H,8H2,1-3H3. The minimum Gasteiger partial charge on any atom is -0.346 e. The van der Waals surface area contributed by atoms with Gasteiger partial charge in [-0.2, -0.15) is 0 Å². The van der Waals surface area contributed by atoms with E-state index in [9.17, 15) is 4.79 Å². The van der Waals surface area contributed by atoms with Crippen LogP contribution < -0.4 is 0 Å². The first-order valence-electron chi connectivity index (χ1n) is 6.00. The van der Waals surface area contributed by atoms with Crippen LogP contribution in [-0.2, 0) is 18.3 Å². The van der Waals surface area contributed by atoms with Crippen molar-refractivity contribution in [3.63, 3.8) is 0 Å². The molecule has 2 rings (SSSR count). The van der Waals surface area contributed by atoms with Crippen LogP contribution in [0.5, 0.6) is 0 Å². The van der Waals surface area contributed by atoms with Crippen molar-refractivity contribution in [3.05, 3.63) is 45.0 Å². The summed E-state index contributed by atoms with van der Waals surface area (Å²) >= 11 is 9.52. The molecule has 0 bridgehead atoms. The first-order valence-corrected chi connectivity index (χ1v) is 7.18. The van der Waals surface area contributed by atoms with Gasteiger partial charge in [-0.05, 0) is 53.0 Å². The fourth-order valence-corrected chi connectivity index (χ4v) is 3.02. The molecule has 4 heteroatoms. The molecule has 1 heterocycles. The molecule has 0 aliphatic rings. The summed E-state index contributed by atoms with van der Waals surface area (Å²) in [6.45, 7) is 3.66. The van der Waals surface area contributed by atoms with Gasteiger partial charge < -0.3 is 4.57 Å². The smallest absolute Gasteiger partial charge is 0.135 e. The predicted molar refractivity (Wildman–Crippen MR) is 82.7 cm³/mol. The topological polar surface area (TPSA) is 22.0 Å². The lowest BCUT2D eigenvalue weighted by atomic mass is 10.1. The molecule has 0 unspecified atom stereocenters. The molecule has 0 saturated heterocycles. The number of carbonyl (C=O) groups is 1. The Kier molecular flexibility index (Phi) is 4.16. The van der Waals surface area contributed by atoms with E-state index in [1.54, 1.807) is 6.92 Å². The minimum atomic E-state index is 0.156. The quantitative estimate of drug-likeness (QED) is 0.803. The molecule has 19 heavy (non-hydrogen) atoms. The lowest BCUT2D eigenvalue weighted by Gasteiger charge is -2.08. The number of rotatable bonds is 3. The van der Waals surface area contributed by atoms with Gasteiger partial charge in [-0.3, -0.25) is 4.79 Å². The SMILES string of the molecule is CC(=O)Cc1c(Br)c(C)c(-c2ccc(Cl)cc2)n1C. The summed E-state index contributed by atoms with van der Waals surface area (Å²) in [7, 11) is 1.99. The van der Waals surface area contributed by atoms with Crippen molar-refractivity contribution in [3.8, 4) is 11.3 Å². The van der Waals surface area contributed by atoms with Crippen molar-refractivity contribution < 1.29 is 4.79 Å². The van der Waals surface area contributed by atoms with Crippen LogP contribution in [-0.4, -0.2) is 10.4 Å². The molecule has 0 saturated carbocycles. The number of halogens is 2. The molecule has 0 spiro atoms. The Morgan fingerprint density at radius 3 is 2.42 bits per heavy atom. The average molecular weight is 341 g/mol. The van der Waals surface area contributed by atoms with Gasteiger partial charge in [0.1, 0.15) is 5.78 Å². The van der Waals surface area contributed by atoms with E-state index in [0.717, 1.165) is 32.0 Å². The number of nitrogens with zero attached hydrogens (tertiary/aromatic N) is 1. The molecule has 0 fully saturated rings. The highest BCUT2D eigenvalue weighted by Gasteiger charge is 2.18. The number of Topliss-reactive ketones (excluding diaryl/α,β-unsaturated/α-hetero) is 1. The van der Waals surface area contributed by atoms with E-state index in [0.29, 0.717) is 6.42 Å². The number of ketones is 1. The van der Waals surface area contributed by atoms with Crippen molar-refractivity contribution in [2.24, 2.45) is 7.05 Å². The minimum absolute atomic E-state index is 0.156. The predicted octanol–water partition coefficient (Wildman–Crippen LogP) is 4.55. The van der Waals surface area contributed by atoms with E-state index in [1.807, 2.05) is 31.3 Å². The van der Waals surface area contributed by atoms with Crippen LogP contribution in [0.2, 0.25) is 5.02 Å². The van der Waals surface area contributed by atoms with Crippen LogP contribution in [0.3, 0.4) is 0 Å². The summed E-state index contributed by atoms with van der Waals surface area (Å²) < 4.78 is 3.08. The highest BCUT2D eigenvalue weighted by atomic mass is 79.9. The van der Waals surface area contributed by atoms with Crippen molar-refractivity contribution in [2.75, 3.05) is 0 Å². The van der Waals surface area contributed by atoms with Gasteiger partial charge >= 0.3 is 0 Å².